The molecule has 40 heavy (non-hydrogen) atoms. The normalized spacial score (nSPS) is 19.1. The molecule has 2 fully saturated rings. The number of piperidine rings is 1. The van der Waals surface area contributed by atoms with Crippen molar-refractivity contribution in [3.8, 4) is 5.75 Å². The molecule has 1 saturated carbocycles. The zero-order chi connectivity index (χ0) is 28.8. The van der Waals surface area contributed by atoms with E-state index in [1.807, 2.05) is 0 Å². The maximum Gasteiger partial charge on any atom is 0.229 e. The Morgan fingerprint density at radius 1 is 1.18 bits per heavy atom. The lowest BCUT2D eigenvalue weighted by molar-refractivity contribution is 0.217. The summed E-state index contributed by atoms with van der Waals surface area (Å²) >= 11 is 6.43. The summed E-state index contributed by atoms with van der Waals surface area (Å²) in [5.41, 5.74) is 3.69. The van der Waals surface area contributed by atoms with Crippen LogP contribution in [0.3, 0.4) is 0 Å². The number of nitrogens with zero attached hydrogens (tertiary/aromatic N) is 4. The standard InChI is InChI=1S/C28H38ClN7O3S/c1-16(2)40(37,38)26-23(14-36(6)35-26)32-25-21(29)13-31-27(34-25)33-22-11-17(3)19(12-24(22)39-18-7-8-18)20-9-10-30-15-28(20,4)5/h11-14,16,18,20,30H,7-10,15H2,1-6H3,(H2,31,32,33,34). The molecule has 1 saturated heterocycles. The fraction of sp³-hybridized carbons (Fsp3) is 0.536. The second kappa shape index (κ2) is 10.8. The van der Waals surface area contributed by atoms with Crippen molar-refractivity contribution in [3.63, 3.8) is 0 Å². The van der Waals surface area contributed by atoms with Gasteiger partial charge < -0.3 is 20.7 Å². The molecule has 2 aromatic heterocycles. The molecule has 3 aromatic rings. The summed E-state index contributed by atoms with van der Waals surface area (Å²) in [5, 5.41) is 13.6. The average Bonchev–Trinajstić information content (AvgIpc) is 3.62. The number of hydrogen-bond acceptors (Lipinski definition) is 9. The Morgan fingerprint density at radius 3 is 2.60 bits per heavy atom. The predicted molar refractivity (Wildman–Crippen MR) is 158 cm³/mol. The van der Waals surface area contributed by atoms with E-state index in [1.54, 1.807) is 27.1 Å². The second-order valence-electron chi connectivity index (χ2n) is 11.8. The number of rotatable bonds is 9. The Bertz CT molecular complexity index is 1520. The topological polar surface area (TPSA) is 123 Å². The van der Waals surface area contributed by atoms with Gasteiger partial charge in [-0.1, -0.05) is 25.4 Å². The number of ether oxygens (including phenoxy) is 1. The molecule has 0 radical (unpaired) electrons. The van der Waals surface area contributed by atoms with Crippen molar-refractivity contribution < 1.29 is 13.2 Å². The van der Waals surface area contributed by atoms with Gasteiger partial charge in [0.25, 0.3) is 0 Å². The number of hydrogen-bond donors (Lipinski definition) is 3. The molecule has 5 rings (SSSR count). The van der Waals surface area contributed by atoms with Gasteiger partial charge in [0, 0.05) is 19.8 Å². The molecule has 0 spiro atoms. The molecule has 0 bridgehead atoms. The molecule has 0 amide bonds. The van der Waals surface area contributed by atoms with Gasteiger partial charge in [0.05, 0.1) is 28.9 Å². The minimum Gasteiger partial charge on any atom is -0.488 e. The highest BCUT2D eigenvalue weighted by atomic mass is 35.5. The number of halogens is 1. The van der Waals surface area contributed by atoms with Crippen LogP contribution in [0.1, 0.15) is 64.0 Å². The summed E-state index contributed by atoms with van der Waals surface area (Å²) in [5.74, 6) is 1.77. The highest BCUT2D eigenvalue weighted by Crippen LogP contribution is 2.45. The van der Waals surface area contributed by atoms with E-state index in [9.17, 15) is 8.42 Å². The monoisotopic (exact) mass is 587 g/mol. The first-order valence-electron chi connectivity index (χ1n) is 13.7. The molecule has 1 aliphatic carbocycles. The Morgan fingerprint density at radius 2 is 1.93 bits per heavy atom. The van der Waals surface area contributed by atoms with Gasteiger partial charge in [0.1, 0.15) is 10.8 Å². The summed E-state index contributed by atoms with van der Waals surface area (Å²) in [6.45, 7) is 12.0. The molecule has 1 aromatic carbocycles. The molecule has 10 nitrogen and oxygen atoms in total. The third kappa shape index (κ3) is 5.91. The van der Waals surface area contributed by atoms with Gasteiger partial charge in [0.2, 0.25) is 20.8 Å². The van der Waals surface area contributed by atoms with E-state index in [0.29, 0.717) is 17.6 Å². The third-order valence-electron chi connectivity index (χ3n) is 7.62. The molecule has 216 valence electrons. The molecule has 1 unspecified atom stereocenters. The van der Waals surface area contributed by atoms with E-state index in [2.05, 4.69) is 63.9 Å². The van der Waals surface area contributed by atoms with Crippen LogP contribution in [0.4, 0.5) is 23.1 Å². The van der Waals surface area contributed by atoms with Gasteiger partial charge in [-0.05, 0) is 81.2 Å². The van der Waals surface area contributed by atoms with Crippen molar-refractivity contribution in [1.29, 1.82) is 0 Å². The van der Waals surface area contributed by atoms with Crippen LogP contribution in [0.2, 0.25) is 5.02 Å². The molecule has 2 aliphatic rings. The number of benzene rings is 1. The molecule has 3 heterocycles. The molecule has 12 heteroatoms. The first-order valence-corrected chi connectivity index (χ1v) is 15.6. The summed E-state index contributed by atoms with van der Waals surface area (Å²) < 4.78 is 33.6. The lowest BCUT2D eigenvalue weighted by Crippen LogP contribution is -2.41. The largest absolute Gasteiger partial charge is 0.488 e. The summed E-state index contributed by atoms with van der Waals surface area (Å²) in [4.78, 5) is 8.96. The van der Waals surface area contributed by atoms with Crippen LogP contribution in [0.5, 0.6) is 5.75 Å². The average molecular weight is 588 g/mol. The third-order valence-corrected chi connectivity index (χ3v) is 9.98. The van der Waals surface area contributed by atoms with Crippen molar-refractivity contribution in [2.45, 2.75) is 76.2 Å². The summed E-state index contributed by atoms with van der Waals surface area (Å²) in [7, 11) is -1.97. The van der Waals surface area contributed by atoms with Gasteiger partial charge in [-0.2, -0.15) is 10.1 Å². The van der Waals surface area contributed by atoms with E-state index in [-0.39, 0.29) is 27.4 Å². The fourth-order valence-electron chi connectivity index (χ4n) is 5.14. The number of aromatic nitrogens is 4. The van der Waals surface area contributed by atoms with Crippen LogP contribution in [0, 0.1) is 12.3 Å². The van der Waals surface area contributed by atoms with Crippen molar-refractivity contribution >= 4 is 44.6 Å². The number of nitrogens with one attached hydrogen (secondary N) is 3. The molecule has 1 aliphatic heterocycles. The van der Waals surface area contributed by atoms with E-state index in [4.69, 9.17) is 16.3 Å². The Balaban J connectivity index is 1.46. The smallest absolute Gasteiger partial charge is 0.229 e. The quantitative estimate of drug-likeness (QED) is 0.298. The number of sulfone groups is 1. The highest BCUT2D eigenvalue weighted by molar-refractivity contribution is 7.92. The Hall–Kier alpha value is -2.89. The molecular weight excluding hydrogens is 550 g/mol. The van der Waals surface area contributed by atoms with Crippen LogP contribution >= 0.6 is 11.6 Å². The maximum atomic E-state index is 12.9. The summed E-state index contributed by atoms with van der Waals surface area (Å²) in [6, 6.07) is 4.28. The summed E-state index contributed by atoms with van der Waals surface area (Å²) in [6.07, 6.45) is 6.44. The van der Waals surface area contributed by atoms with E-state index in [1.165, 1.54) is 22.0 Å². The van der Waals surface area contributed by atoms with Crippen LogP contribution in [-0.4, -0.2) is 52.6 Å². The minimum absolute atomic E-state index is 0.0543. The first-order chi connectivity index (χ1) is 18.8. The Kier molecular flexibility index (Phi) is 7.75. The van der Waals surface area contributed by atoms with Gasteiger partial charge >= 0.3 is 0 Å². The fourth-order valence-corrected chi connectivity index (χ4v) is 6.38. The van der Waals surface area contributed by atoms with Gasteiger partial charge in [-0.15, -0.1) is 0 Å². The zero-order valence-electron chi connectivity index (χ0n) is 23.9. The van der Waals surface area contributed by atoms with Gasteiger partial charge in [-0.25, -0.2) is 13.4 Å². The second-order valence-corrected chi connectivity index (χ2v) is 14.6. The van der Waals surface area contributed by atoms with Crippen LogP contribution in [0.15, 0.2) is 29.6 Å². The van der Waals surface area contributed by atoms with Crippen LogP contribution in [0.25, 0.3) is 0 Å². The predicted octanol–water partition coefficient (Wildman–Crippen LogP) is 5.49. The highest BCUT2D eigenvalue weighted by Gasteiger charge is 2.35. The van der Waals surface area contributed by atoms with Gasteiger partial charge in [-0.3, -0.25) is 4.68 Å². The van der Waals surface area contributed by atoms with E-state index < -0.39 is 15.1 Å². The van der Waals surface area contributed by atoms with E-state index >= 15 is 0 Å². The van der Waals surface area contributed by atoms with Crippen molar-refractivity contribution in [2.75, 3.05) is 23.7 Å². The maximum absolute atomic E-state index is 12.9. The van der Waals surface area contributed by atoms with Gasteiger partial charge in [0.15, 0.2) is 5.82 Å². The minimum atomic E-state index is -3.63. The van der Waals surface area contributed by atoms with Crippen molar-refractivity contribution in [3.05, 3.63) is 40.7 Å². The van der Waals surface area contributed by atoms with Crippen LogP contribution < -0.4 is 20.7 Å². The molecular formula is C28H38ClN7O3S. The van der Waals surface area contributed by atoms with E-state index in [0.717, 1.165) is 43.8 Å². The SMILES string of the molecule is Cc1cc(Nc2ncc(Cl)c(Nc3cn(C)nc3S(=O)(=O)C(C)C)n2)c(OC2CC2)cc1C1CCNCC1(C)C. The number of anilines is 4. The molecule has 1 atom stereocenters. The zero-order valence-corrected chi connectivity index (χ0v) is 25.4. The number of aryl methyl sites for hydroxylation is 2. The lowest BCUT2D eigenvalue weighted by atomic mass is 9.70. The Labute approximate surface area is 241 Å². The molecule has 3 N–H and O–H groups in total. The first kappa shape index (κ1) is 28.6. The lowest BCUT2D eigenvalue weighted by Gasteiger charge is -2.40. The van der Waals surface area contributed by atoms with Crippen molar-refractivity contribution in [1.82, 2.24) is 25.1 Å². The van der Waals surface area contributed by atoms with Crippen molar-refractivity contribution in [2.24, 2.45) is 12.5 Å². The van der Waals surface area contributed by atoms with Crippen LogP contribution in [-0.2, 0) is 16.9 Å².